The highest BCUT2D eigenvalue weighted by Crippen LogP contribution is 2.41. The first-order chi connectivity index (χ1) is 27.3. The summed E-state index contributed by atoms with van der Waals surface area (Å²) in [4.78, 5) is 7.30. The van der Waals surface area contributed by atoms with Crippen molar-refractivity contribution in [3.05, 3.63) is 212 Å². The van der Waals surface area contributed by atoms with E-state index in [4.69, 9.17) is 9.40 Å². The second-order valence-corrected chi connectivity index (χ2v) is 13.9. The van der Waals surface area contributed by atoms with Gasteiger partial charge in [0.25, 0.3) is 0 Å². The second-order valence-electron chi connectivity index (χ2n) is 13.9. The number of hydrogen-bond donors (Lipinski definition) is 0. The molecule has 9 aromatic carbocycles. The Bertz CT molecular complexity index is 2930. The fourth-order valence-electron chi connectivity index (χ4n) is 7.87. The highest BCUT2D eigenvalue weighted by Gasteiger charge is 2.18. The Morgan fingerprint density at radius 2 is 1.00 bits per heavy atom. The summed E-state index contributed by atoms with van der Waals surface area (Å²) in [6.45, 7) is 0.669. The van der Waals surface area contributed by atoms with Crippen molar-refractivity contribution in [1.82, 2.24) is 4.98 Å². The van der Waals surface area contributed by atoms with E-state index in [1.54, 1.807) is 0 Å². The average molecular weight is 705 g/mol. The van der Waals surface area contributed by atoms with E-state index in [2.05, 4.69) is 181 Å². The number of rotatable bonds is 8. The maximum atomic E-state index is 6.52. The van der Waals surface area contributed by atoms with Gasteiger partial charge in [0.05, 0.1) is 0 Å². The van der Waals surface area contributed by atoms with Crippen LogP contribution in [0.4, 0.5) is 11.4 Å². The Labute approximate surface area is 320 Å². The Balaban J connectivity index is 1.11. The standard InChI is InChI=1S/C52H36N2O/c1-4-14-36(15-5-1)45-22-12-11-21-42(45)35-54(44-31-26-39-28-33-49-51(48(39)34-44)55-52(53-49)41-19-8-3-9-20-41)43-29-24-38(25-30-43)47-32-27-37-16-10-13-23-46(37)50(47)40-17-6-2-7-18-40/h1-34H,35H2. The van der Waals surface area contributed by atoms with E-state index < -0.39 is 0 Å². The number of benzene rings is 9. The van der Waals surface area contributed by atoms with Crippen LogP contribution in [-0.2, 0) is 6.54 Å². The molecular weight excluding hydrogens is 669 g/mol. The molecular formula is C52H36N2O. The summed E-state index contributed by atoms with van der Waals surface area (Å²) < 4.78 is 6.52. The lowest BCUT2D eigenvalue weighted by molar-refractivity contribution is 0.623. The minimum atomic E-state index is 0.626. The number of anilines is 2. The van der Waals surface area contributed by atoms with Gasteiger partial charge in [-0.2, -0.15) is 0 Å². The molecule has 10 aromatic rings. The number of fused-ring (bicyclic) bond motifs is 4. The molecule has 0 bridgehead atoms. The fourth-order valence-corrected chi connectivity index (χ4v) is 7.87. The summed E-state index contributed by atoms with van der Waals surface area (Å²) in [5.74, 6) is 0.626. The molecule has 0 radical (unpaired) electrons. The van der Waals surface area contributed by atoms with Crippen LogP contribution in [0.2, 0.25) is 0 Å². The van der Waals surface area contributed by atoms with Gasteiger partial charge in [0.15, 0.2) is 5.58 Å². The molecule has 3 nitrogen and oxygen atoms in total. The molecule has 0 saturated heterocycles. The van der Waals surface area contributed by atoms with Crippen molar-refractivity contribution < 1.29 is 4.42 Å². The van der Waals surface area contributed by atoms with Crippen LogP contribution in [0.3, 0.4) is 0 Å². The summed E-state index contributed by atoms with van der Waals surface area (Å²) >= 11 is 0. The van der Waals surface area contributed by atoms with E-state index in [9.17, 15) is 0 Å². The van der Waals surface area contributed by atoms with E-state index >= 15 is 0 Å². The van der Waals surface area contributed by atoms with Crippen LogP contribution in [0, 0.1) is 0 Å². The average Bonchev–Trinajstić information content (AvgIpc) is 3.72. The molecule has 0 saturated carbocycles. The van der Waals surface area contributed by atoms with Crippen LogP contribution in [0.25, 0.3) is 77.5 Å². The maximum Gasteiger partial charge on any atom is 0.227 e. The van der Waals surface area contributed by atoms with Gasteiger partial charge in [-0.3, -0.25) is 0 Å². The highest BCUT2D eigenvalue weighted by atomic mass is 16.3. The van der Waals surface area contributed by atoms with Gasteiger partial charge in [0.2, 0.25) is 5.89 Å². The third-order valence-corrected chi connectivity index (χ3v) is 10.6. The van der Waals surface area contributed by atoms with Crippen molar-refractivity contribution >= 4 is 44.0 Å². The number of hydrogen-bond acceptors (Lipinski definition) is 3. The Kier molecular flexibility index (Phi) is 8.23. The number of oxazole rings is 1. The zero-order valence-electron chi connectivity index (χ0n) is 30.1. The largest absolute Gasteiger partial charge is 0.435 e. The van der Waals surface area contributed by atoms with Crippen LogP contribution in [0.5, 0.6) is 0 Å². The van der Waals surface area contributed by atoms with E-state index in [0.29, 0.717) is 12.4 Å². The molecule has 0 fully saturated rings. The van der Waals surface area contributed by atoms with Gasteiger partial charge < -0.3 is 9.32 Å². The van der Waals surface area contributed by atoms with Crippen LogP contribution >= 0.6 is 0 Å². The van der Waals surface area contributed by atoms with Crippen molar-refractivity contribution in [2.75, 3.05) is 4.90 Å². The smallest absolute Gasteiger partial charge is 0.227 e. The van der Waals surface area contributed by atoms with Crippen molar-refractivity contribution in [3.63, 3.8) is 0 Å². The van der Waals surface area contributed by atoms with Crippen LogP contribution in [0.15, 0.2) is 211 Å². The number of nitrogens with zero attached hydrogens (tertiary/aromatic N) is 2. The van der Waals surface area contributed by atoms with Crippen LogP contribution in [0.1, 0.15) is 5.56 Å². The molecule has 260 valence electrons. The third kappa shape index (κ3) is 6.12. The van der Waals surface area contributed by atoms with Gasteiger partial charge in [-0.25, -0.2) is 4.98 Å². The van der Waals surface area contributed by atoms with Crippen LogP contribution in [-0.4, -0.2) is 4.98 Å². The molecule has 0 unspecified atom stereocenters. The first kappa shape index (κ1) is 32.4. The monoisotopic (exact) mass is 704 g/mol. The molecule has 0 atom stereocenters. The zero-order valence-corrected chi connectivity index (χ0v) is 30.1. The Hall–Kier alpha value is -7.23. The zero-order chi connectivity index (χ0) is 36.6. The summed E-state index contributed by atoms with van der Waals surface area (Å²) in [7, 11) is 0. The predicted molar refractivity (Wildman–Crippen MR) is 229 cm³/mol. The molecule has 0 aliphatic rings. The normalized spacial score (nSPS) is 11.3. The maximum absolute atomic E-state index is 6.52. The SMILES string of the molecule is c1ccc(-c2nc3ccc4ccc(N(Cc5ccccc5-c5ccccc5)c5ccc(-c6ccc7ccccc7c6-c6ccccc6)cc5)cc4c3o2)cc1. The molecule has 55 heavy (non-hydrogen) atoms. The van der Waals surface area contributed by atoms with Gasteiger partial charge in [0, 0.05) is 28.9 Å². The lowest BCUT2D eigenvalue weighted by Crippen LogP contribution is -2.17. The Morgan fingerprint density at radius 1 is 0.418 bits per heavy atom. The molecule has 10 rings (SSSR count). The topological polar surface area (TPSA) is 29.3 Å². The van der Waals surface area contributed by atoms with Gasteiger partial charge in [-0.15, -0.1) is 0 Å². The van der Waals surface area contributed by atoms with Gasteiger partial charge in [-0.05, 0) is 97.6 Å². The van der Waals surface area contributed by atoms with E-state index in [0.717, 1.165) is 38.8 Å². The first-order valence-electron chi connectivity index (χ1n) is 18.7. The van der Waals surface area contributed by atoms with E-state index in [-0.39, 0.29) is 0 Å². The minimum absolute atomic E-state index is 0.626. The summed E-state index contributed by atoms with van der Waals surface area (Å²) in [6.07, 6.45) is 0. The molecule has 0 spiro atoms. The molecule has 3 heteroatoms. The van der Waals surface area contributed by atoms with E-state index in [1.165, 1.54) is 49.7 Å². The van der Waals surface area contributed by atoms with Crippen molar-refractivity contribution in [2.45, 2.75) is 6.54 Å². The molecule has 0 aliphatic carbocycles. The molecule has 0 amide bonds. The molecule has 0 aliphatic heterocycles. The molecule has 1 aromatic heterocycles. The highest BCUT2D eigenvalue weighted by molar-refractivity contribution is 6.06. The van der Waals surface area contributed by atoms with E-state index in [1.807, 2.05) is 30.3 Å². The molecule has 0 N–H and O–H groups in total. The van der Waals surface area contributed by atoms with Gasteiger partial charge in [-0.1, -0.05) is 164 Å². The van der Waals surface area contributed by atoms with Crippen molar-refractivity contribution in [3.8, 4) is 44.8 Å². The van der Waals surface area contributed by atoms with Crippen molar-refractivity contribution in [2.24, 2.45) is 0 Å². The fraction of sp³-hybridized carbons (Fsp3) is 0.0192. The number of aromatic nitrogens is 1. The predicted octanol–water partition coefficient (Wildman–Crippen LogP) is 14.1. The molecule has 1 heterocycles. The van der Waals surface area contributed by atoms with Gasteiger partial charge >= 0.3 is 0 Å². The van der Waals surface area contributed by atoms with Gasteiger partial charge in [0.1, 0.15) is 5.52 Å². The van der Waals surface area contributed by atoms with Crippen LogP contribution < -0.4 is 4.90 Å². The second kappa shape index (κ2) is 14.0. The lowest BCUT2D eigenvalue weighted by Gasteiger charge is -2.27. The third-order valence-electron chi connectivity index (χ3n) is 10.6. The summed E-state index contributed by atoms with van der Waals surface area (Å²) in [5.41, 5.74) is 13.3. The Morgan fingerprint density at radius 3 is 1.78 bits per heavy atom. The first-order valence-corrected chi connectivity index (χ1v) is 18.7. The van der Waals surface area contributed by atoms with Crippen molar-refractivity contribution in [1.29, 1.82) is 0 Å². The summed E-state index contributed by atoms with van der Waals surface area (Å²) in [6, 6.07) is 73.3. The minimum Gasteiger partial charge on any atom is -0.435 e. The lowest BCUT2D eigenvalue weighted by atomic mass is 9.90. The summed E-state index contributed by atoms with van der Waals surface area (Å²) in [5, 5.41) is 4.63. The quantitative estimate of drug-likeness (QED) is 0.158.